The SMILES string of the molecule is CC(C)CN1CCCCNC(C)(C)C1. The smallest absolute Gasteiger partial charge is 0.0252 e. The number of nitrogens with zero attached hydrogens (tertiary/aromatic N) is 1. The molecule has 0 aromatic rings. The summed E-state index contributed by atoms with van der Waals surface area (Å²) < 4.78 is 0. The Balaban J connectivity index is 2.46. The number of hydrogen-bond donors (Lipinski definition) is 1. The maximum atomic E-state index is 3.62. The summed E-state index contributed by atoms with van der Waals surface area (Å²) in [5, 5.41) is 3.62. The van der Waals surface area contributed by atoms with Crippen molar-refractivity contribution in [3.63, 3.8) is 0 Å². The molecule has 0 aromatic heterocycles. The lowest BCUT2D eigenvalue weighted by Gasteiger charge is -2.36. The van der Waals surface area contributed by atoms with Gasteiger partial charge in [-0.3, -0.25) is 0 Å². The maximum absolute atomic E-state index is 3.62. The van der Waals surface area contributed by atoms with E-state index in [1.165, 1.54) is 39.0 Å². The summed E-state index contributed by atoms with van der Waals surface area (Å²) in [5.74, 6) is 0.783. The first-order chi connectivity index (χ1) is 6.49. The van der Waals surface area contributed by atoms with Crippen LogP contribution in [0, 0.1) is 5.92 Å². The molecular formula is C12H26N2. The molecule has 1 saturated heterocycles. The highest BCUT2D eigenvalue weighted by atomic mass is 15.2. The average Bonchev–Trinajstić information content (AvgIpc) is 1.98. The van der Waals surface area contributed by atoms with Crippen LogP contribution in [0.15, 0.2) is 0 Å². The highest BCUT2D eigenvalue weighted by Crippen LogP contribution is 2.12. The van der Waals surface area contributed by atoms with Crippen molar-refractivity contribution in [1.82, 2.24) is 10.2 Å². The van der Waals surface area contributed by atoms with Gasteiger partial charge in [0.1, 0.15) is 0 Å². The van der Waals surface area contributed by atoms with Crippen LogP contribution in [-0.4, -0.2) is 36.6 Å². The van der Waals surface area contributed by atoms with E-state index in [4.69, 9.17) is 0 Å². The van der Waals surface area contributed by atoms with Gasteiger partial charge in [-0.05, 0) is 45.7 Å². The van der Waals surface area contributed by atoms with Crippen molar-refractivity contribution < 1.29 is 0 Å². The molecular weight excluding hydrogens is 172 g/mol. The fraction of sp³-hybridized carbons (Fsp3) is 1.00. The van der Waals surface area contributed by atoms with E-state index in [0.29, 0.717) is 0 Å². The molecule has 84 valence electrons. The van der Waals surface area contributed by atoms with Crippen LogP contribution in [0.3, 0.4) is 0 Å². The molecule has 14 heavy (non-hydrogen) atoms. The Labute approximate surface area is 89.1 Å². The number of nitrogens with one attached hydrogen (secondary N) is 1. The van der Waals surface area contributed by atoms with Crippen LogP contribution in [0.25, 0.3) is 0 Å². The predicted molar refractivity (Wildman–Crippen MR) is 62.6 cm³/mol. The van der Waals surface area contributed by atoms with Gasteiger partial charge in [0.2, 0.25) is 0 Å². The molecule has 1 aliphatic heterocycles. The van der Waals surface area contributed by atoms with E-state index in [9.17, 15) is 0 Å². The van der Waals surface area contributed by atoms with Gasteiger partial charge in [-0.1, -0.05) is 13.8 Å². The molecule has 1 N–H and O–H groups in total. The van der Waals surface area contributed by atoms with Gasteiger partial charge >= 0.3 is 0 Å². The second kappa shape index (κ2) is 5.13. The van der Waals surface area contributed by atoms with Crippen molar-refractivity contribution in [2.24, 2.45) is 5.92 Å². The van der Waals surface area contributed by atoms with Crippen molar-refractivity contribution in [2.75, 3.05) is 26.2 Å². The van der Waals surface area contributed by atoms with Gasteiger partial charge in [0.05, 0.1) is 0 Å². The highest BCUT2D eigenvalue weighted by molar-refractivity contribution is 4.83. The Morgan fingerprint density at radius 3 is 2.64 bits per heavy atom. The topological polar surface area (TPSA) is 15.3 Å². The average molecular weight is 198 g/mol. The first kappa shape index (κ1) is 12.0. The molecule has 1 heterocycles. The van der Waals surface area contributed by atoms with Gasteiger partial charge in [0.15, 0.2) is 0 Å². The summed E-state index contributed by atoms with van der Waals surface area (Å²) in [5.41, 5.74) is 0.287. The summed E-state index contributed by atoms with van der Waals surface area (Å²) >= 11 is 0. The Morgan fingerprint density at radius 2 is 2.00 bits per heavy atom. The van der Waals surface area contributed by atoms with Crippen LogP contribution in [-0.2, 0) is 0 Å². The second-order valence-corrected chi connectivity index (χ2v) is 5.65. The summed E-state index contributed by atoms with van der Waals surface area (Å²) in [6.07, 6.45) is 2.66. The van der Waals surface area contributed by atoms with E-state index in [1.54, 1.807) is 0 Å². The third-order valence-corrected chi connectivity index (χ3v) is 2.75. The van der Waals surface area contributed by atoms with E-state index >= 15 is 0 Å². The lowest BCUT2D eigenvalue weighted by molar-refractivity contribution is 0.165. The minimum absolute atomic E-state index is 0.287. The van der Waals surface area contributed by atoms with Gasteiger partial charge in [0, 0.05) is 18.6 Å². The number of hydrogen-bond acceptors (Lipinski definition) is 2. The molecule has 1 rings (SSSR count). The fourth-order valence-electron chi connectivity index (χ4n) is 2.25. The van der Waals surface area contributed by atoms with Crippen molar-refractivity contribution >= 4 is 0 Å². The van der Waals surface area contributed by atoms with Crippen LogP contribution in [0.2, 0.25) is 0 Å². The van der Waals surface area contributed by atoms with Crippen molar-refractivity contribution in [2.45, 2.75) is 46.1 Å². The van der Waals surface area contributed by atoms with E-state index in [2.05, 4.69) is 37.9 Å². The summed E-state index contributed by atoms with van der Waals surface area (Å²) in [4.78, 5) is 2.61. The normalized spacial score (nSPS) is 24.6. The molecule has 1 fully saturated rings. The van der Waals surface area contributed by atoms with E-state index in [1.807, 2.05) is 0 Å². The minimum atomic E-state index is 0.287. The Morgan fingerprint density at radius 1 is 1.29 bits per heavy atom. The van der Waals surface area contributed by atoms with Gasteiger partial charge in [-0.15, -0.1) is 0 Å². The monoisotopic (exact) mass is 198 g/mol. The standard InChI is InChI=1S/C12H26N2/c1-11(2)9-14-8-6-5-7-13-12(3,4)10-14/h11,13H,5-10H2,1-4H3. The van der Waals surface area contributed by atoms with E-state index in [-0.39, 0.29) is 5.54 Å². The van der Waals surface area contributed by atoms with Gasteiger partial charge in [-0.2, -0.15) is 0 Å². The Hall–Kier alpha value is -0.0800. The van der Waals surface area contributed by atoms with Crippen LogP contribution in [0.1, 0.15) is 40.5 Å². The third-order valence-electron chi connectivity index (χ3n) is 2.75. The Kier molecular flexibility index (Phi) is 4.39. The zero-order valence-corrected chi connectivity index (χ0v) is 10.3. The van der Waals surface area contributed by atoms with Gasteiger partial charge < -0.3 is 10.2 Å². The first-order valence-corrected chi connectivity index (χ1v) is 5.97. The zero-order chi connectivity index (χ0) is 10.6. The molecule has 0 spiro atoms. The van der Waals surface area contributed by atoms with Crippen LogP contribution >= 0.6 is 0 Å². The van der Waals surface area contributed by atoms with E-state index in [0.717, 1.165) is 5.92 Å². The predicted octanol–water partition coefficient (Wildman–Crippen LogP) is 2.11. The fourth-order valence-corrected chi connectivity index (χ4v) is 2.25. The summed E-state index contributed by atoms with van der Waals surface area (Å²) in [6, 6.07) is 0. The molecule has 0 radical (unpaired) electrons. The summed E-state index contributed by atoms with van der Waals surface area (Å²) in [6.45, 7) is 14.1. The maximum Gasteiger partial charge on any atom is 0.0252 e. The molecule has 2 nitrogen and oxygen atoms in total. The second-order valence-electron chi connectivity index (χ2n) is 5.65. The Bertz CT molecular complexity index is 164. The highest BCUT2D eigenvalue weighted by Gasteiger charge is 2.22. The summed E-state index contributed by atoms with van der Waals surface area (Å²) in [7, 11) is 0. The lowest BCUT2D eigenvalue weighted by atomic mass is 10.0. The molecule has 0 amide bonds. The zero-order valence-electron chi connectivity index (χ0n) is 10.3. The van der Waals surface area contributed by atoms with Crippen LogP contribution < -0.4 is 5.32 Å². The molecule has 0 bridgehead atoms. The molecule has 1 aliphatic rings. The van der Waals surface area contributed by atoms with Gasteiger partial charge in [-0.25, -0.2) is 0 Å². The third kappa shape index (κ3) is 4.43. The van der Waals surface area contributed by atoms with Crippen molar-refractivity contribution in [3.05, 3.63) is 0 Å². The molecule has 0 unspecified atom stereocenters. The van der Waals surface area contributed by atoms with Crippen LogP contribution in [0.5, 0.6) is 0 Å². The van der Waals surface area contributed by atoms with Crippen molar-refractivity contribution in [1.29, 1.82) is 0 Å². The van der Waals surface area contributed by atoms with Crippen LogP contribution in [0.4, 0.5) is 0 Å². The molecule has 0 atom stereocenters. The minimum Gasteiger partial charge on any atom is -0.311 e. The lowest BCUT2D eigenvalue weighted by Crippen LogP contribution is -2.51. The number of rotatable bonds is 2. The first-order valence-electron chi connectivity index (χ1n) is 5.97. The molecule has 2 heteroatoms. The van der Waals surface area contributed by atoms with Crippen molar-refractivity contribution in [3.8, 4) is 0 Å². The quantitative estimate of drug-likeness (QED) is 0.731. The molecule has 0 aliphatic carbocycles. The van der Waals surface area contributed by atoms with Gasteiger partial charge in [0.25, 0.3) is 0 Å². The molecule has 0 saturated carbocycles. The largest absolute Gasteiger partial charge is 0.311 e. The molecule has 0 aromatic carbocycles. The van der Waals surface area contributed by atoms with E-state index < -0.39 is 0 Å².